The van der Waals surface area contributed by atoms with Crippen LogP contribution in [0.15, 0.2) is 30.5 Å². The third kappa shape index (κ3) is 3.08. The van der Waals surface area contributed by atoms with Crippen molar-refractivity contribution in [2.45, 2.75) is 11.8 Å². The van der Waals surface area contributed by atoms with Crippen LogP contribution in [0.2, 0.25) is 5.02 Å². The van der Waals surface area contributed by atoms with Crippen molar-refractivity contribution < 1.29 is 18.7 Å². The molecule has 3 aromatic rings. The molecule has 26 heavy (non-hydrogen) atoms. The Bertz CT molecular complexity index is 1000. The van der Waals surface area contributed by atoms with Crippen LogP contribution in [0.3, 0.4) is 0 Å². The van der Waals surface area contributed by atoms with Gasteiger partial charge in [0.1, 0.15) is 22.1 Å². The van der Waals surface area contributed by atoms with E-state index in [1.807, 2.05) is 0 Å². The number of hydrogen-bond acceptors (Lipinski definition) is 3. The van der Waals surface area contributed by atoms with Gasteiger partial charge in [-0.3, -0.25) is 4.79 Å². The maximum atomic E-state index is 14.9. The van der Waals surface area contributed by atoms with Gasteiger partial charge in [-0.2, -0.15) is 0 Å². The first-order chi connectivity index (χ1) is 12.4. The first-order valence-corrected chi connectivity index (χ1v) is 9.04. The van der Waals surface area contributed by atoms with Crippen molar-refractivity contribution in [2.75, 3.05) is 14.2 Å². The summed E-state index contributed by atoms with van der Waals surface area (Å²) in [6.07, 6.45) is 1.51. The van der Waals surface area contributed by atoms with E-state index in [1.54, 1.807) is 31.2 Å². The van der Waals surface area contributed by atoms with Gasteiger partial charge in [-0.25, -0.2) is 4.39 Å². The van der Waals surface area contributed by atoms with E-state index in [1.165, 1.54) is 20.4 Å². The summed E-state index contributed by atoms with van der Waals surface area (Å²) in [4.78, 5) is 15.3. The molecule has 7 heteroatoms. The summed E-state index contributed by atoms with van der Waals surface area (Å²) >= 11 is 9.39. The van der Waals surface area contributed by atoms with Crippen LogP contribution in [0.1, 0.15) is 26.3 Å². The third-order valence-electron chi connectivity index (χ3n) is 4.29. The van der Waals surface area contributed by atoms with Crippen molar-refractivity contribution in [1.29, 1.82) is 0 Å². The number of alkyl halides is 1. The number of nitrogens with one attached hydrogen (secondary N) is 1. The molecule has 136 valence electrons. The van der Waals surface area contributed by atoms with Crippen LogP contribution in [-0.4, -0.2) is 25.0 Å². The van der Waals surface area contributed by atoms with Gasteiger partial charge in [-0.1, -0.05) is 33.6 Å². The van der Waals surface area contributed by atoms with Gasteiger partial charge >= 0.3 is 0 Å². The Balaban J connectivity index is 2.10. The molecule has 1 heterocycles. The minimum atomic E-state index is -0.712. The molecular formula is C19H16BrClFNO3. The minimum absolute atomic E-state index is 0.241. The van der Waals surface area contributed by atoms with E-state index in [9.17, 15) is 9.18 Å². The molecule has 1 unspecified atom stereocenters. The maximum Gasteiger partial charge on any atom is 0.183 e. The van der Waals surface area contributed by atoms with Crippen molar-refractivity contribution in [3.05, 3.63) is 58.0 Å². The molecular weight excluding hydrogens is 425 g/mol. The number of H-pyrrole nitrogens is 1. The highest BCUT2D eigenvalue weighted by atomic mass is 79.9. The summed E-state index contributed by atoms with van der Waals surface area (Å²) in [7, 11) is 2.98. The third-order valence-corrected chi connectivity index (χ3v) is 5.43. The van der Waals surface area contributed by atoms with E-state index < -0.39 is 10.6 Å². The molecule has 0 bridgehead atoms. The molecule has 1 aromatic heterocycles. The molecule has 3 rings (SSSR count). The molecule has 4 nitrogen and oxygen atoms in total. The minimum Gasteiger partial charge on any atom is -0.496 e. The molecule has 0 spiro atoms. The van der Waals surface area contributed by atoms with Gasteiger partial charge in [0.2, 0.25) is 0 Å². The lowest BCUT2D eigenvalue weighted by atomic mass is 10.00. The highest BCUT2D eigenvalue weighted by Crippen LogP contribution is 2.38. The van der Waals surface area contributed by atoms with E-state index in [2.05, 4.69) is 20.9 Å². The lowest BCUT2D eigenvalue weighted by Crippen LogP contribution is -2.08. The Hall–Kier alpha value is -2.05. The Kier molecular flexibility index (Phi) is 5.25. The first-order valence-electron chi connectivity index (χ1n) is 7.75. The molecule has 0 amide bonds. The van der Waals surface area contributed by atoms with Gasteiger partial charge in [0.05, 0.1) is 19.7 Å². The fourth-order valence-electron chi connectivity index (χ4n) is 2.90. The Morgan fingerprint density at radius 2 is 1.92 bits per heavy atom. The fraction of sp³-hybridized carbons (Fsp3) is 0.211. The highest BCUT2D eigenvalue weighted by molar-refractivity contribution is 9.09. The predicted molar refractivity (Wildman–Crippen MR) is 104 cm³/mol. The van der Waals surface area contributed by atoms with E-state index in [-0.39, 0.29) is 16.7 Å². The summed E-state index contributed by atoms with van der Waals surface area (Å²) in [5, 5.41) is 0.740. The summed E-state index contributed by atoms with van der Waals surface area (Å²) in [6.45, 7) is 1.61. The van der Waals surface area contributed by atoms with Crippen molar-refractivity contribution >= 4 is 44.2 Å². The summed E-state index contributed by atoms with van der Waals surface area (Å²) in [5.74, 6) is 0.128. The normalized spacial score (nSPS) is 12.2. The lowest BCUT2D eigenvalue weighted by molar-refractivity contribution is 0.0992. The van der Waals surface area contributed by atoms with Gasteiger partial charge in [-0.15, -0.1) is 0 Å². The Labute approximate surface area is 163 Å². The molecule has 0 aliphatic carbocycles. The largest absolute Gasteiger partial charge is 0.496 e. The van der Waals surface area contributed by atoms with Crippen LogP contribution in [-0.2, 0) is 0 Å². The van der Waals surface area contributed by atoms with Crippen LogP contribution in [0.25, 0.3) is 10.9 Å². The van der Waals surface area contributed by atoms with Crippen LogP contribution in [0.4, 0.5) is 4.39 Å². The molecule has 0 saturated carbocycles. The molecule has 1 atom stereocenters. The summed E-state index contributed by atoms with van der Waals surface area (Å²) in [6, 6.07) is 6.68. The fourth-order valence-corrected chi connectivity index (χ4v) is 3.69. The smallest absolute Gasteiger partial charge is 0.183 e. The molecule has 0 saturated heterocycles. The van der Waals surface area contributed by atoms with Crippen LogP contribution in [0.5, 0.6) is 11.5 Å². The quantitative estimate of drug-likeness (QED) is 0.415. The van der Waals surface area contributed by atoms with Gasteiger partial charge in [0, 0.05) is 39.4 Å². The topological polar surface area (TPSA) is 51.3 Å². The summed E-state index contributed by atoms with van der Waals surface area (Å²) < 4.78 is 25.3. The molecule has 0 radical (unpaired) electrons. The number of halogens is 3. The van der Waals surface area contributed by atoms with Gasteiger partial charge in [-0.05, 0) is 19.1 Å². The van der Waals surface area contributed by atoms with Gasteiger partial charge in [0.25, 0.3) is 0 Å². The zero-order valence-corrected chi connectivity index (χ0v) is 16.7. The zero-order chi connectivity index (χ0) is 19.0. The number of hydrogen-bond donors (Lipinski definition) is 1. The number of fused-ring (bicyclic) bond motifs is 1. The Morgan fingerprint density at radius 3 is 2.58 bits per heavy atom. The van der Waals surface area contributed by atoms with Crippen molar-refractivity contribution in [3.63, 3.8) is 0 Å². The number of ketones is 1. The van der Waals surface area contributed by atoms with Crippen molar-refractivity contribution in [2.24, 2.45) is 0 Å². The number of rotatable bonds is 5. The van der Waals surface area contributed by atoms with Crippen LogP contribution >= 0.6 is 27.5 Å². The van der Waals surface area contributed by atoms with E-state index in [4.69, 9.17) is 21.1 Å². The Morgan fingerprint density at radius 1 is 1.23 bits per heavy atom. The SMILES string of the molecule is COc1cc(Cl)ccc1C(Br)C(=O)c1c[nH]c2cc(OC)c(C)c(F)c12. The van der Waals surface area contributed by atoms with Crippen LogP contribution in [0, 0.1) is 12.7 Å². The number of aromatic nitrogens is 1. The predicted octanol–water partition coefficient (Wildman–Crippen LogP) is 5.60. The number of Topliss-reactive ketones (excluding diaryl/α,β-unsaturated/α-hetero) is 1. The average molecular weight is 441 g/mol. The van der Waals surface area contributed by atoms with Crippen molar-refractivity contribution in [3.8, 4) is 11.5 Å². The lowest BCUT2D eigenvalue weighted by Gasteiger charge is -2.14. The van der Waals surface area contributed by atoms with E-state index in [0.717, 1.165) is 0 Å². The second-order valence-electron chi connectivity index (χ2n) is 5.76. The molecule has 2 aromatic carbocycles. The molecule has 0 fully saturated rings. The summed E-state index contributed by atoms with van der Waals surface area (Å²) in [5.41, 5.74) is 1.71. The molecule has 0 aliphatic rings. The number of ether oxygens (including phenoxy) is 2. The number of aromatic amines is 1. The molecule has 0 aliphatic heterocycles. The second-order valence-corrected chi connectivity index (χ2v) is 7.11. The number of carbonyl (C=O) groups is 1. The number of carbonyl (C=O) groups excluding carboxylic acids is 1. The van der Waals surface area contributed by atoms with Gasteiger partial charge < -0.3 is 14.5 Å². The van der Waals surface area contributed by atoms with E-state index in [0.29, 0.717) is 33.2 Å². The van der Waals surface area contributed by atoms with Gasteiger partial charge in [0.15, 0.2) is 5.78 Å². The van der Waals surface area contributed by atoms with E-state index >= 15 is 0 Å². The van der Waals surface area contributed by atoms with Crippen LogP contribution < -0.4 is 9.47 Å². The number of methoxy groups -OCH3 is 2. The zero-order valence-electron chi connectivity index (χ0n) is 14.3. The second kappa shape index (κ2) is 7.29. The maximum absolute atomic E-state index is 14.9. The number of benzene rings is 2. The first kappa shape index (κ1) is 18.7. The highest BCUT2D eigenvalue weighted by Gasteiger charge is 2.27. The average Bonchev–Trinajstić information content (AvgIpc) is 3.07. The molecule has 1 N–H and O–H groups in total. The standard InChI is InChI=1S/C19H16BrClFNO3/c1-9-14(25-2)7-13-16(18(9)22)12(8-23-13)19(24)17(20)11-5-4-10(21)6-15(11)26-3/h4-8,17,23H,1-3H3. The van der Waals surface area contributed by atoms with Crippen molar-refractivity contribution in [1.82, 2.24) is 4.98 Å². The monoisotopic (exact) mass is 439 g/mol.